The van der Waals surface area contributed by atoms with Gasteiger partial charge >= 0.3 is 6.18 Å². The van der Waals surface area contributed by atoms with Gasteiger partial charge in [-0.3, -0.25) is 4.79 Å². The van der Waals surface area contributed by atoms with Crippen LogP contribution in [-0.4, -0.2) is 39.1 Å². The number of halogens is 3. The number of benzene rings is 1. The van der Waals surface area contributed by atoms with E-state index < -0.39 is 11.9 Å². The van der Waals surface area contributed by atoms with Crippen molar-refractivity contribution in [2.75, 3.05) is 12.3 Å². The lowest BCUT2D eigenvalue weighted by Gasteiger charge is -2.36. The van der Waals surface area contributed by atoms with Gasteiger partial charge < -0.3 is 4.90 Å². The molecule has 2 atom stereocenters. The molecule has 0 spiro atoms. The van der Waals surface area contributed by atoms with Crippen molar-refractivity contribution < 1.29 is 18.0 Å². The molecule has 2 heterocycles. The van der Waals surface area contributed by atoms with E-state index in [9.17, 15) is 18.0 Å². The zero-order valence-corrected chi connectivity index (χ0v) is 17.8. The summed E-state index contributed by atoms with van der Waals surface area (Å²) in [5.74, 6) is 0.543. The molecule has 0 radical (unpaired) electrons. The fraction of sp³-hybridized carbons (Fsp3) is 0.500. The molecule has 0 unspecified atom stereocenters. The molecule has 2 aliphatic rings. The summed E-state index contributed by atoms with van der Waals surface area (Å²) in [6.07, 6.45) is -1.87. The molecule has 1 aromatic heterocycles. The van der Waals surface area contributed by atoms with Crippen LogP contribution in [0.4, 0.5) is 13.2 Å². The lowest BCUT2D eigenvalue weighted by Crippen LogP contribution is -2.45. The number of aryl methyl sites for hydroxylation is 1. The van der Waals surface area contributed by atoms with Crippen LogP contribution in [0.3, 0.4) is 0 Å². The minimum atomic E-state index is -4.56. The van der Waals surface area contributed by atoms with Crippen LogP contribution in [0.15, 0.2) is 29.4 Å². The van der Waals surface area contributed by atoms with Gasteiger partial charge in [0.2, 0.25) is 5.91 Å². The predicted octanol–water partition coefficient (Wildman–Crippen LogP) is 5.00. The van der Waals surface area contributed by atoms with Crippen molar-refractivity contribution in [2.24, 2.45) is 5.92 Å². The molecule has 4 rings (SSSR count). The van der Waals surface area contributed by atoms with Crippen LogP contribution in [0.2, 0.25) is 0 Å². The van der Waals surface area contributed by atoms with Crippen molar-refractivity contribution in [3.05, 3.63) is 41.1 Å². The van der Waals surface area contributed by atoms with Crippen LogP contribution in [0.25, 0.3) is 11.3 Å². The van der Waals surface area contributed by atoms with Gasteiger partial charge in [0.05, 0.1) is 11.4 Å². The Balaban J connectivity index is 1.61. The third-order valence-corrected chi connectivity index (χ3v) is 6.79. The molecule has 30 heavy (non-hydrogen) atoms. The Labute approximate surface area is 178 Å². The molecule has 2 aromatic rings. The number of aromatic nitrogens is 2. The van der Waals surface area contributed by atoms with Crippen molar-refractivity contribution in [1.82, 2.24) is 14.9 Å². The number of hydrogen-bond acceptors (Lipinski definition) is 4. The van der Waals surface area contributed by atoms with E-state index in [1.807, 2.05) is 24.0 Å². The highest BCUT2D eigenvalue weighted by molar-refractivity contribution is 7.99. The average molecular weight is 436 g/mol. The van der Waals surface area contributed by atoms with Crippen molar-refractivity contribution in [2.45, 2.75) is 56.9 Å². The molecule has 1 amide bonds. The van der Waals surface area contributed by atoms with E-state index in [1.54, 1.807) is 12.1 Å². The number of alkyl halides is 3. The Morgan fingerprint density at radius 1 is 1.20 bits per heavy atom. The summed E-state index contributed by atoms with van der Waals surface area (Å²) >= 11 is 0.989. The Morgan fingerprint density at radius 3 is 2.70 bits per heavy atom. The Bertz CT molecular complexity index is 963. The van der Waals surface area contributed by atoms with Crippen molar-refractivity contribution in [3.8, 4) is 11.3 Å². The highest BCUT2D eigenvalue weighted by Gasteiger charge is 2.39. The average Bonchev–Trinajstić information content (AvgIpc) is 2.70. The number of likely N-dealkylation sites (tertiary alicyclic amines) is 1. The first kappa shape index (κ1) is 21.2. The lowest BCUT2D eigenvalue weighted by atomic mass is 9.88. The third kappa shape index (κ3) is 4.19. The molecule has 0 bridgehead atoms. The highest BCUT2D eigenvalue weighted by atomic mass is 32.2. The zero-order valence-electron chi connectivity index (χ0n) is 17.0. The summed E-state index contributed by atoms with van der Waals surface area (Å²) in [5, 5.41) is 0.00385. The second kappa shape index (κ2) is 8.21. The van der Waals surface area contributed by atoms with Crippen LogP contribution < -0.4 is 0 Å². The zero-order chi connectivity index (χ0) is 21.5. The van der Waals surface area contributed by atoms with Gasteiger partial charge in [0.15, 0.2) is 10.9 Å². The second-order valence-electron chi connectivity index (χ2n) is 8.19. The summed E-state index contributed by atoms with van der Waals surface area (Å²) in [6.45, 7) is 4.88. The molecule has 4 nitrogen and oxygen atoms in total. The monoisotopic (exact) mass is 435 g/mol. The topological polar surface area (TPSA) is 46.1 Å². The standard InChI is InChI=1S/C22H24F3N3OS/c1-13-9-10-28(14(2)11-13)18(29)12-30-21-26-19-16-6-4-3-5-15(16)7-8-17(19)20(27-21)22(23,24)25/h3-6,13-14H,7-12H2,1-2H3/t13-,14-/m1/s1. The molecular weight excluding hydrogens is 411 g/mol. The fourth-order valence-corrected chi connectivity index (χ4v) is 5.17. The first-order valence-electron chi connectivity index (χ1n) is 10.2. The minimum Gasteiger partial charge on any atom is -0.339 e. The molecule has 0 saturated carbocycles. The molecule has 8 heteroatoms. The Kier molecular flexibility index (Phi) is 5.79. The molecule has 160 valence electrons. The van der Waals surface area contributed by atoms with Gasteiger partial charge in [-0.1, -0.05) is 43.0 Å². The van der Waals surface area contributed by atoms with Gasteiger partial charge in [-0.15, -0.1) is 0 Å². The molecular formula is C22H24F3N3OS. The smallest absolute Gasteiger partial charge is 0.339 e. The van der Waals surface area contributed by atoms with Gasteiger partial charge in [0.25, 0.3) is 0 Å². The number of carbonyl (C=O) groups excluding carboxylic acids is 1. The quantitative estimate of drug-likeness (QED) is 0.503. The van der Waals surface area contributed by atoms with Crippen LogP contribution >= 0.6 is 11.8 Å². The minimum absolute atomic E-state index is 0.00385. The highest BCUT2D eigenvalue weighted by Crippen LogP contribution is 2.40. The van der Waals surface area contributed by atoms with Crippen LogP contribution in [0.1, 0.15) is 43.5 Å². The van der Waals surface area contributed by atoms with E-state index >= 15 is 0 Å². The summed E-state index contributed by atoms with van der Waals surface area (Å²) in [5.41, 5.74) is 1.32. The number of fused-ring (bicyclic) bond motifs is 3. The van der Waals surface area contributed by atoms with Crippen LogP contribution in [0.5, 0.6) is 0 Å². The SMILES string of the molecule is C[C@@H]1CCN(C(=O)CSc2nc3c(c(C(F)(F)F)n2)CCc2ccccc2-3)[C@H](C)C1. The van der Waals surface area contributed by atoms with E-state index in [-0.39, 0.29) is 34.8 Å². The normalized spacial score (nSPS) is 21.2. The summed E-state index contributed by atoms with van der Waals surface area (Å²) < 4.78 is 41.2. The lowest BCUT2D eigenvalue weighted by molar-refractivity contribution is -0.142. The molecule has 0 N–H and O–H groups in total. The Morgan fingerprint density at radius 2 is 1.97 bits per heavy atom. The summed E-state index contributed by atoms with van der Waals surface area (Å²) in [7, 11) is 0. The van der Waals surface area contributed by atoms with E-state index in [4.69, 9.17) is 0 Å². The maximum Gasteiger partial charge on any atom is 0.433 e. The molecule has 1 aliphatic carbocycles. The number of carbonyl (C=O) groups is 1. The van der Waals surface area contributed by atoms with Gasteiger partial charge in [0.1, 0.15) is 0 Å². The van der Waals surface area contributed by atoms with E-state index in [0.717, 1.165) is 35.7 Å². The molecule has 1 fully saturated rings. The maximum absolute atomic E-state index is 13.7. The molecule has 1 aromatic carbocycles. The Hall–Kier alpha value is -2.09. The largest absolute Gasteiger partial charge is 0.433 e. The second-order valence-corrected chi connectivity index (χ2v) is 9.13. The number of amides is 1. The van der Waals surface area contributed by atoms with E-state index in [0.29, 0.717) is 24.6 Å². The maximum atomic E-state index is 13.7. The van der Waals surface area contributed by atoms with E-state index in [1.165, 1.54) is 0 Å². The van der Waals surface area contributed by atoms with Crippen molar-refractivity contribution in [3.63, 3.8) is 0 Å². The van der Waals surface area contributed by atoms with Crippen molar-refractivity contribution in [1.29, 1.82) is 0 Å². The third-order valence-electron chi connectivity index (χ3n) is 5.96. The van der Waals surface area contributed by atoms with Gasteiger partial charge in [0, 0.05) is 23.7 Å². The number of nitrogens with zero attached hydrogens (tertiary/aromatic N) is 3. The summed E-state index contributed by atoms with van der Waals surface area (Å²) in [4.78, 5) is 22.8. The first-order chi connectivity index (χ1) is 14.2. The van der Waals surface area contributed by atoms with Gasteiger partial charge in [-0.25, -0.2) is 9.97 Å². The van der Waals surface area contributed by atoms with Gasteiger partial charge in [-0.05, 0) is 44.1 Å². The molecule has 1 saturated heterocycles. The number of thioether (sulfide) groups is 1. The predicted molar refractivity (Wildman–Crippen MR) is 110 cm³/mol. The number of rotatable bonds is 3. The molecule has 1 aliphatic heterocycles. The summed E-state index contributed by atoms with van der Waals surface area (Å²) in [6, 6.07) is 7.55. The first-order valence-corrected chi connectivity index (χ1v) is 11.2. The fourth-order valence-electron chi connectivity index (χ4n) is 4.44. The van der Waals surface area contributed by atoms with Crippen LogP contribution in [-0.2, 0) is 23.8 Å². The van der Waals surface area contributed by atoms with Gasteiger partial charge in [-0.2, -0.15) is 13.2 Å². The van der Waals surface area contributed by atoms with E-state index in [2.05, 4.69) is 16.9 Å². The van der Waals surface area contributed by atoms with Crippen LogP contribution in [0, 0.1) is 5.92 Å². The number of hydrogen-bond donors (Lipinski definition) is 0. The number of piperidine rings is 1. The van der Waals surface area contributed by atoms with Crippen molar-refractivity contribution >= 4 is 17.7 Å².